The standard InChI is InChI=1S/C19H17ClN2S2/c20-16-8-10-17(11-9-16)21-19(23)22(14-18-7-4-12-24-18)13-15-5-2-1-3-6-15/h1-12H,13-14H2,(H,21,23). The third-order valence-corrected chi connectivity index (χ3v) is 5.00. The molecule has 0 amide bonds. The van der Waals surface area contributed by atoms with Gasteiger partial charge < -0.3 is 10.2 Å². The Kier molecular flexibility index (Phi) is 5.86. The molecule has 2 nitrogen and oxygen atoms in total. The van der Waals surface area contributed by atoms with Crippen LogP contribution in [0, 0.1) is 0 Å². The molecule has 0 aliphatic heterocycles. The molecule has 3 aromatic rings. The summed E-state index contributed by atoms with van der Waals surface area (Å²) in [7, 11) is 0. The molecular formula is C19H17ClN2S2. The van der Waals surface area contributed by atoms with Gasteiger partial charge in [-0.25, -0.2) is 0 Å². The first-order valence-corrected chi connectivity index (χ1v) is 9.25. The van der Waals surface area contributed by atoms with E-state index in [4.69, 9.17) is 23.8 Å². The molecule has 122 valence electrons. The molecule has 0 aliphatic carbocycles. The number of rotatable bonds is 5. The van der Waals surface area contributed by atoms with Gasteiger partial charge in [-0.3, -0.25) is 0 Å². The zero-order valence-corrected chi connectivity index (χ0v) is 15.4. The Hall–Kier alpha value is -1.88. The summed E-state index contributed by atoms with van der Waals surface area (Å²) >= 11 is 13.3. The lowest BCUT2D eigenvalue weighted by Crippen LogP contribution is -2.33. The van der Waals surface area contributed by atoms with Crippen molar-refractivity contribution >= 4 is 46.0 Å². The highest BCUT2D eigenvalue weighted by molar-refractivity contribution is 7.80. The second kappa shape index (κ2) is 8.29. The molecule has 0 saturated heterocycles. The van der Waals surface area contributed by atoms with Gasteiger partial charge in [-0.2, -0.15) is 0 Å². The van der Waals surface area contributed by atoms with Crippen molar-refractivity contribution in [1.82, 2.24) is 4.90 Å². The van der Waals surface area contributed by atoms with Crippen molar-refractivity contribution in [2.75, 3.05) is 5.32 Å². The van der Waals surface area contributed by atoms with Crippen molar-refractivity contribution < 1.29 is 0 Å². The van der Waals surface area contributed by atoms with Crippen LogP contribution in [0.3, 0.4) is 0 Å². The van der Waals surface area contributed by atoms with Crippen molar-refractivity contribution in [3.63, 3.8) is 0 Å². The number of benzene rings is 2. The summed E-state index contributed by atoms with van der Waals surface area (Å²) < 4.78 is 0. The zero-order chi connectivity index (χ0) is 16.8. The fourth-order valence-corrected chi connectivity index (χ4v) is 3.42. The highest BCUT2D eigenvalue weighted by Gasteiger charge is 2.12. The summed E-state index contributed by atoms with van der Waals surface area (Å²) in [4.78, 5) is 3.46. The van der Waals surface area contributed by atoms with E-state index in [1.165, 1.54) is 10.4 Å². The summed E-state index contributed by atoms with van der Waals surface area (Å²) in [6, 6.07) is 22.1. The monoisotopic (exact) mass is 372 g/mol. The topological polar surface area (TPSA) is 15.3 Å². The summed E-state index contributed by atoms with van der Waals surface area (Å²) in [6.45, 7) is 1.55. The second-order valence-electron chi connectivity index (χ2n) is 5.36. The highest BCUT2D eigenvalue weighted by atomic mass is 35.5. The Balaban J connectivity index is 1.74. The maximum absolute atomic E-state index is 5.94. The van der Waals surface area contributed by atoms with Crippen LogP contribution >= 0.6 is 35.2 Å². The van der Waals surface area contributed by atoms with E-state index in [-0.39, 0.29) is 0 Å². The lowest BCUT2D eigenvalue weighted by molar-refractivity contribution is 0.416. The first-order chi connectivity index (χ1) is 11.7. The maximum atomic E-state index is 5.94. The lowest BCUT2D eigenvalue weighted by atomic mass is 10.2. The summed E-state index contributed by atoms with van der Waals surface area (Å²) in [5.74, 6) is 0. The average Bonchev–Trinajstić information content (AvgIpc) is 3.10. The molecule has 24 heavy (non-hydrogen) atoms. The molecule has 1 aromatic heterocycles. The van der Waals surface area contributed by atoms with Crippen LogP contribution in [-0.4, -0.2) is 10.0 Å². The fraction of sp³-hybridized carbons (Fsp3) is 0.105. The van der Waals surface area contributed by atoms with Gasteiger partial charge in [0.05, 0.1) is 6.54 Å². The molecule has 2 aromatic carbocycles. The Morgan fingerprint density at radius 3 is 2.38 bits per heavy atom. The minimum Gasteiger partial charge on any atom is -0.340 e. The quantitative estimate of drug-likeness (QED) is 0.569. The fourth-order valence-electron chi connectivity index (χ4n) is 2.33. The van der Waals surface area contributed by atoms with Gasteiger partial charge >= 0.3 is 0 Å². The van der Waals surface area contributed by atoms with E-state index in [0.717, 1.165) is 18.8 Å². The van der Waals surface area contributed by atoms with Crippen LogP contribution in [0.15, 0.2) is 72.1 Å². The number of hydrogen-bond acceptors (Lipinski definition) is 2. The second-order valence-corrected chi connectivity index (χ2v) is 7.21. The van der Waals surface area contributed by atoms with E-state index < -0.39 is 0 Å². The Labute approximate surface area is 156 Å². The molecule has 3 rings (SSSR count). The third kappa shape index (κ3) is 4.81. The smallest absolute Gasteiger partial charge is 0.174 e. The minimum absolute atomic E-state index is 0.703. The maximum Gasteiger partial charge on any atom is 0.174 e. The van der Waals surface area contributed by atoms with E-state index in [0.29, 0.717) is 10.1 Å². The van der Waals surface area contributed by atoms with Gasteiger partial charge in [0.2, 0.25) is 0 Å². The van der Waals surface area contributed by atoms with Crippen LogP contribution in [0.2, 0.25) is 5.02 Å². The van der Waals surface area contributed by atoms with E-state index in [9.17, 15) is 0 Å². The number of thiocarbonyl (C=S) groups is 1. The number of thiophene rings is 1. The molecule has 0 atom stereocenters. The van der Waals surface area contributed by atoms with Crippen LogP contribution in [0.25, 0.3) is 0 Å². The molecule has 0 unspecified atom stereocenters. The number of hydrogen-bond donors (Lipinski definition) is 1. The zero-order valence-electron chi connectivity index (χ0n) is 13.0. The van der Waals surface area contributed by atoms with E-state index in [1.807, 2.05) is 42.5 Å². The summed E-state index contributed by atoms with van der Waals surface area (Å²) in [5, 5.41) is 6.81. The molecule has 0 fully saturated rings. The number of nitrogens with one attached hydrogen (secondary N) is 1. The molecule has 1 N–H and O–H groups in total. The van der Waals surface area contributed by atoms with Crippen LogP contribution in [-0.2, 0) is 13.1 Å². The van der Waals surface area contributed by atoms with Crippen molar-refractivity contribution in [1.29, 1.82) is 0 Å². The lowest BCUT2D eigenvalue weighted by Gasteiger charge is -2.25. The molecule has 0 saturated carbocycles. The first kappa shape index (κ1) is 17.0. The van der Waals surface area contributed by atoms with Gasteiger partial charge in [-0.05, 0) is 53.5 Å². The van der Waals surface area contributed by atoms with Gasteiger partial charge in [0, 0.05) is 22.1 Å². The first-order valence-electron chi connectivity index (χ1n) is 7.58. The SMILES string of the molecule is S=C(Nc1ccc(Cl)cc1)N(Cc1ccccc1)Cc1cccs1. The van der Waals surface area contributed by atoms with E-state index in [2.05, 4.69) is 39.9 Å². The number of anilines is 1. The van der Waals surface area contributed by atoms with Crippen LogP contribution in [0.1, 0.15) is 10.4 Å². The molecule has 0 aliphatic rings. The van der Waals surface area contributed by atoms with Crippen molar-refractivity contribution in [3.05, 3.63) is 87.6 Å². The predicted octanol–water partition coefficient (Wildman–Crippen LogP) is 5.80. The van der Waals surface area contributed by atoms with Gasteiger partial charge in [0.1, 0.15) is 0 Å². The number of nitrogens with zero attached hydrogens (tertiary/aromatic N) is 1. The summed E-state index contributed by atoms with van der Waals surface area (Å²) in [6.07, 6.45) is 0. The van der Waals surface area contributed by atoms with Crippen molar-refractivity contribution in [2.45, 2.75) is 13.1 Å². The van der Waals surface area contributed by atoms with Gasteiger partial charge in [0.15, 0.2) is 5.11 Å². The molecule has 0 radical (unpaired) electrons. The Morgan fingerprint density at radius 1 is 0.958 bits per heavy atom. The molecule has 0 spiro atoms. The van der Waals surface area contributed by atoms with Gasteiger partial charge in [-0.1, -0.05) is 48.0 Å². The van der Waals surface area contributed by atoms with Gasteiger partial charge in [-0.15, -0.1) is 11.3 Å². The van der Waals surface area contributed by atoms with Crippen LogP contribution in [0.4, 0.5) is 5.69 Å². The Morgan fingerprint density at radius 2 is 1.71 bits per heavy atom. The molecular weight excluding hydrogens is 356 g/mol. The summed E-state index contributed by atoms with van der Waals surface area (Å²) in [5.41, 5.74) is 2.17. The molecule has 5 heteroatoms. The highest BCUT2D eigenvalue weighted by Crippen LogP contribution is 2.18. The van der Waals surface area contributed by atoms with Gasteiger partial charge in [0.25, 0.3) is 0 Å². The predicted molar refractivity (Wildman–Crippen MR) is 108 cm³/mol. The normalized spacial score (nSPS) is 10.4. The minimum atomic E-state index is 0.703. The van der Waals surface area contributed by atoms with Crippen LogP contribution < -0.4 is 5.32 Å². The molecule has 1 heterocycles. The third-order valence-electron chi connectivity index (χ3n) is 3.53. The Bertz CT molecular complexity index is 771. The van der Waals surface area contributed by atoms with E-state index >= 15 is 0 Å². The van der Waals surface area contributed by atoms with Crippen molar-refractivity contribution in [2.24, 2.45) is 0 Å². The van der Waals surface area contributed by atoms with Crippen molar-refractivity contribution in [3.8, 4) is 0 Å². The van der Waals surface area contributed by atoms with Crippen LogP contribution in [0.5, 0.6) is 0 Å². The molecule has 0 bridgehead atoms. The van der Waals surface area contributed by atoms with E-state index in [1.54, 1.807) is 11.3 Å². The number of halogens is 1. The largest absolute Gasteiger partial charge is 0.340 e. The average molecular weight is 373 g/mol.